The summed E-state index contributed by atoms with van der Waals surface area (Å²) in [7, 11) is 0. The van der Waals surface area contributed by atoms with Crippen LogP contribution in [0, 0.1) is 23.2 Å². The lowest BCUT2D eigenvalue weighted by molar-refractivity contribution is -0.0616. The molecule has 2 nitrogen and oxygen atoms in total. The minimum Gasteiger partial charge on any atom is -0.315 e. The molecule has 0 aromatic rings. The molecular weight excluding hydrogens is 220 g/mol. The minimum absolute atomic E-state index is 0.748. The first-order valence-electron chi connectivity index (χ1n) is 8.25. The summed E-state index contributed by atoms with van der Waals surface area (Å²) in [5.74, 6) is 3.32. The molecule has 1 unspecified atom stereocenters. The van der Waals surface area contributed by atoms with Crippen LogP contribution >= 0.6 is 0 Å². The first-order valence-corrected chi connectivity index (χ1v) is 8.25. The molecule has 1 atom stereocenters. The Hall–Kier alpha value is -0.0800. The lowest BCUT2D eigenvalue weighted by Crippen LogP contribution is -2.50. The van der Waals surface area contributed by atoms with E-state index in [9.17, 15) is 0 Å². The normalized spacial score (nSPS) is 51.3. The minimum atomic E-state index is 0.748. The zero-order valence-electron chi connectivity index (χ0n) is 11.6. The molecule has 1 aliphatic heterocycles. The van der Waals surface area contributed by atoms with Gasteiger partial charge in [-0.1, -0.05) is 0 Å². The molecule has 102 valence electrons. The lowest BCUT2D eigenvalue weighted by atomic mass is 9.48. The molecule has 5 aliphatic rings. The zero-order chi connectivity index (χ0) is 12.0. The van der Waals surface area contributed by atoms with Crippen LogP contribution in [-0.4, -0.2) is 25.7 Å². The van der Waals surface area contributed by atoms with E-state index in [0.717, 1.165) is 29.2 Å². The van der Waals surface area contributed by atoms with Crippen molar-refractivity contribution in [3.05, 3.63) is 0 Å². The van der Waals surface area contributed by atoms with Gasteiger partial charge in [0, 0.05) is 12.6 Å². The fraction of sp³-hybridized carbons (Fsp3) is 1.00. The Bertz CT molecular complexity index is 269. The third kappa shape index (κ3) is 2.12. The van der Waals surface area contributed by atoms with Crippen LogP contribution in [0.25, 0.3) is 0 Å². The van der Waals surface area contributed by atoms with Gasteiger partial charge in [-0.2, -0.15) is 0 Å². The molecule has 1 saturated heterocycles. The highest BCUT2D eigenvalue weighted by Crippen LogP contribution is 2.61. The summed E-state index contributed by atoms with van der Waals surface area (Å²) in [6.45, 7) is 3.65. The van der Waals surface area contributed by atoms with Crippen LogP contribution in [0.3, 0.4) is 0 Å². The average molecular weight is 248 g/mol. The Morgan fingerprint density at radius 3 is 2.22 bits per heavy atom. The maximum atomic E-state index is 3.79. The van der Waals surface area contributed by atoms with E-state index in [-0.39, 0.29) is 0 Å². The summed E-state index contributed by atoms with van der Waals surface area (Å²) in [5, 5.41) is 7.41. The molecule has 0 aromatic carbocycles. The van der Waals surface area contributed by atoms with E-state index >= 15 is 0 Å². The highest BCUT2D eigenvalue weighted by atomic mass is 15.0. The van der Waals surface area contributed by atoms with Crippen LogP contribution < -0.4 is 10.6 Å². The van der Waals surface area contributed by atoms with E-state index in [1.54, 1.807) is 38.5 Å². The van der Waals surface area contributed by atoms with Gasteiger partial charge in [0.1, 0.15) is 0 Å². The number of hydrogen-bond acceptors (Lipinski definition) is 2. The highest BCUT2D eigenvalue weighted by Gasteiger charge is 2.51. The molecule has 4 saturated carbocycles. The predicted octanol–water partition coefficient (Wildman–Crippen LogP) is 2.54. The smallest absolute Gasteiger partial charge is 0.0197 e. The van der Waals surface area contributed by atoms with Crippen molar-refractivity contribution in [2.24, 2.45) is 23.2 Å². The maximum Gasteiger partial charge on any atom is 0.0197 e. The van der Waals surface area contributed by atoms with Gasteiger partial charge >= 0.3 is 0 Å². The molecule has 18 heavy (non-hydrogen) atoms. The molecule has 0 spiro atoms. The molecule has 2 heteroatoms. The summed E-state index contributed by atoms with van der Waals surface area (Å²) in [6.07, 6.45) is 12.2. The van der Waals surface area contributed by atoms with E-state index in [1.165, 1.54) is 32.5 Å². The van der Waals surface area contributed by atoms with Crippen LogP contribution in [0.15, 0.2) is 0 Å². The van der Waals surface area contributed by atoms with E-state index in [4.69, 9.17) is 0 Å². The molecule has 2 N–H and O–H groups in total. The van der Waals surface area contributed by atoms with Crippen molar-refractivity contribution < 1.29 is 0 Å². The maximum absolute atomic E-state index is 3.79. The number of nitrogens with one attached hydrogen (secondary N) is 2. The molecular formula is C16H28N2. The van der Waals surface area contributed by atoms with Crippen LogP contribution in [0.5, 0.6) is 0 Å². The van der Waals surface area contributed by atoms with Gasteiger partial charge in [0.2, 0.25) is 0 Å². The predicted molar refractivity (Wildman–Crippen MR) is 74.5 cm³/mol. The fourth-order valence-corrected chi connectivity index (χ4v) is 6.08. The van der Waals surface area contributed by atoms with Crippen molar-refractivity contribution in [1.29, 1.82) is 0 Å². The summed E-state index contributed by atoms with van der Waals surface area (Å²) < 4.78 is 0. The summed E-state index contributed by atoms with van der Waals surface area (Å²) in [4.78, 5) is 0. The summed E-state index contributed by atoms with van der Waals surface area (Å²) in [6, 6.07) is 0.753. The van der Waals surface area contributed by atoms with Crippen LogP contribution in [0.4, 0.5) is 0 Å². The SMILES string of the molecule is C1CNCC(CC23CC4CC(CC(C4)C2)C3)NC1. The van der Waals surface area contributed by atoms with Crippen molar-refractivity contribution in [1.82, 2.24) is 10.6 Å². The Morgan fingerprint density at radius 1 is 0.889 bits per heavy atom. The molecule has 0 aromatic heterocycles. The molecule has 0 amide bonds. The second-order valence-electron chi connectivity index (χ2n) is 7.83. The first-order chi connectivity index (χ1) is 8.81. The average Bonchev–Trinajstić information content (AvgIpc) is 2.55. The Labute approximate surface area is 111 Å². The molecule has 4 aliphatic carbocycles. The van der Waals surface area contributed by atoms with Gasteiger partial charge in [0.25, 0.3) is 0 Å². The van der Waals surface area contributed by atoms with Gasteiger partial charge in [0.05, 0.1) is 0 Å². The van der Waals surface area contributed by atoms with Crippen molar-refractivity contribution in [3.8, 4) is 0 Å². The summed E-state index contributed by atoms with van der Waals surface area (Å²) >= 11 is 0. The second kappa shape index (κ2) is 4.49. The monoisotopic (exact) mass is 248 g/mol. The molecule has 5 fully saturated rings. The van der Waals surface area contributed by atoms with Crippen molar-refractivity contribution in [2.45, 2.75) is 57.4 Å². The van der Waals surface area contributed by atoms with E-state index in [2.05, 4.69) is 10.6 Å². The highest BCUT2D eigenvalue weighted by molar-refractivity contribution is 5.02. The Morgan fingerprint density at radius 2 is 1.56 bits per heavy atom. The Balaban J connectivity index is 1.46. The van der Waals surface area contributed by atoms with Gasteiger partial charge in [-0.15, -0.1) is 0 Å². The van der Waals surface area contributed by atoms with Gasteiger partial charge in [-0.3, -0.25) is 0 Å². The number of hydrogen-bond donors (Lipinski definition) is 2. The van der Waals surface area contributed by atoms with Crippen molar-refractivity contribution >= 4 is 0 Å². The second-order valence-corrected chi connectivity index (χ2v) is 7.83. The molecule has 5 rings (SSSR count). The van der Waals surface area contributed by atoms with Crippen molar-refractivity contribution in [3.63, 3.8) is 0 Å². The topological polar surface area (TPSA) is 24.1 Å². The third-order valence-corrected chi connectivity index (χ3v) is 6.20. The quantitative estimate of drug-likeness (QED) is 0.785. The van der Waals surface area contributed by atoms with Gasteiger partial charge in [-0.25, -0.2) is 0 Å². The van der Waals surface area contributed by atoms with Gasteiger partial charge in [-0.05, 0) is 87.6 Å². The fourth-order valence-electron chi connectivity index (χ4n) is 6.08. The van der Waals surface area contributed by atoms with Crippen molar-refractivity contribution in [2.75, 3.05) is 19.6 Å². The van der Waals surface area contributed by atoms with Gasteiger partial charge < -0.3 is 10.6 Å². The van der Waals surface area contributed by atoms with E-state index < -0.39 is 0 Å². The van der Waals surface area contributed by atoms with Gasteiger partial charge in [0.15, 0.2) is 0 Å². The van der Waals surface area contributed by atoms with Crippen LogP contribution in [-0.2, 0) is 0 Å². The third-order valence-electron chi connectivity index (χ3n) is 6.20. The zero-order valence-corrected chi connectivity index (χ0v) is 11.6. The lowest BCUT2D eigenvalue weighted by Gasteiger charge is -2.57. The molecule has 0 radical (unpaired) electrons. The largest absolute Gasteiger partial charge is 0.315 e. The van der Waals surface area contributed by atoms with E-state index in [1.807, 2.05) is 0 Å². The molecule has 1 heterocycles. The van der Waals surface area contributed by atoms with Crippen LogP contribution in [0.1, 0.15) is 51.4 Å². The first kappa shape index (κ1) is 11.7. The summed E-state index contributed by atoms with van der Waals surface area (Å²) in [5.41, 5.74) is 0.748. The Kier molecular flexibility index (Phi) is 2.92. The van der Waals surface area contributed by atoms with E-state index in [0.29, 0.717) is 0 Å². The number of rotatable bonds is 2. The molecule has 4 bridgehead atoms. The standard InChI is InChI=1S/C16H28N2/c1-2-17-11-15(18-3-1)10-16-7-12-4-13(8-16)6-14(5-12)9-16/h12-15,17-18H,1-11H2. The van der Waals surface area contributed by atoms with Crippen LogP contribution in [0.2, 0.25) is 0 Å².